The van der Waals surface area contributed by atoms with E-state index < -0.39 is 0 Å². The number of nitrogens with zero attached hydrogens (tertiary/aromatic N) is 8. The van der Waals surface area contributed by atoms with E-state index in [0.29, 0.717) is 11.9 Å². The number of azo groups is 1. The van der Waals surface area contributed by atoms with Crippen LogP contribution in [0, 0.1) is 0 Å². The van der Waals surface area contributed by atoms with E-state index in [-0.39, 0.29) is 0 Å². The van der Waals surface area contributed by atoms with E-state index >= 15 is 0 Å². The van der Waals surface area contributed by atoms with Crippen LogP contribution in [-0.4, -0.2) is 31.7 Å². The fraction of sp³-hybridized carbons (Fsp3) is 0.267. The summed E-state index contributed by atoms with van der Waals surface area (Å²) in [7, 11) is 0. The molecule has 0 unspecified atom stereocenters. The first-order valence-corrected chi connectivity index (χ1v) is 24.8. The Hall–Kier alpha value is -7.32. The maximum atomic E-state index is 4.95. The highest BCUT2D eigenvalue weighted by atomic mass is 15.5. The van der Waals surface area contributed by atoms with Crippen molar-refractivity contribution in [1.29, 1.82) is 0 Å². The molecule has 0 saturated heterocycles. The van der Waals surface area contributed by atoms with Crippen LogP contribution >= 0.6 is 0 Å². The molecule has 0 atom stereocenters. The minimum atomic E-state index is 0.308. The fourth-order valence-electron chi connectivity index (χ4n) is 8.35. The van der Waals surface area contributed by atoms with Crippen LogP contribution in [0.15, 0.2) is 191 Å². The monoisotopic (exact) mass is 897 g/mol. The molecule has 2 aromatic heterocycles. The van der Waals surface area contributed by atoms with Crippen LogP contribution in [0.2, 0.25) is 0 Å². The molecule has 0 bridgehead atoms. The average molecular weight is 897 g/mol. The van der Waals surface area contributed by atoms with Crippen LogP contribution in [0.3, 0.4) is 0 Å². The fourth-order valence-corrected chi connectivity index (χ4v) is 8.35. The molecule has 8 rings (SSSR count). The van der Waals surface area contributed by atoms with Crippen molar-refractivity contribution in [1.82, 2.24) is 19.3 Å². The zero-order chi connectivity index (χ0) is 46.6. The van der Waals surface area contributed by atoms with Gasteiger partial charge >= 0.3 is 0 Å². The quantitative estimate of drug-likeness (QED) is 0.0344. The van der Waals surface area contributed by atoms with Gasteiger partial charge in [0, 0.05) is 11.1 Å². The van der Waals surface area contributed by atoms with Crippen LogP contribution in [0.25, 0.3) is 44.8 Å². The van der Waals surface area contributed by atoms with Crippen LogP contribution in [0.5, 0.6) is 0 Å². The third-order valence-corrected chi connectivity index (χ3v) is 12.4. The lowest BCUT2D eigenvalue weighted by Crippen LogP contribution is -1.90. The Bertz CT molecular complexity index is 2620. The molecule has 2 heterocycles. The Morgan fingerprint density at radius 2 is 0.691 bits per heavy atom. The zero-order valence-electron chi connectivity index (χ0n) is 39.8. The Labute approximate surface area is 403 Å². The van der Waals surface area contributed by atoms with Gasteiger partial charge in [0.25, 0.3) is 11.9 Å². The minimum absolute atomic E-state index is 0.308. The zero-order valence-corrected chi connectivity index (χ0v) is 39.8. The number of imidazole rings is 2. The highest BCUT2D eigenvalue weighted by Gasteiger charge is 2.14. The van der Waals surface area contributed by atoms with Crippen LogP contribution < -0.4 is 0 Å². The first-order valence-electron chi connectivity index (χ1n) is 24.8. The van der Waals surface area contributed by atoms with Gasteiger partial charge in [-0.25, -0.2) is 19.3 Å². The summed E-state index contributed by atoms with van der Waals surface area (Å²) in [6.07, 6.45) is 25.4. The Kier molecular flexibility index (Phi) is 17.3. The average Bonchev–Trinajstić information content (AvgIpc) is 4.01. The van der Waals surface area contributed by atoms with Gasteiger partial charge in [0.1, 0.15) is 0 Å². The summed E-state index contributed by atoms with van der Waals surface area (Å²) in [5.41, 5.74) is 12.7. The van der Waals surface area contributed by atoms with Gasteiger partial charge in [-0.1, -0.05) is 236 Å². The molecule has 0 aliphatic heterocycles. The molecule has 0 aliphatic carbocycles. The molecule has 0 aliphatic rings. The van der Waals surface area contributed by atoms with Crippen molar-refractivity contribution in [2.24, 2.45) is 20.4 Å². The molecular formula is C60H64N8. The number of hydrogen-bond acceptors (Lipinski definition) is 6. The predicted molar refractivity (Wildman–Crippen MR) is 283 cm³/mol. The van der Waals surface area contributed by atoms with E-state index in [2.05, 4.69) is 121 Å². The van der Waals surface area contributed by atoms with Crippen LogP contribution in [0.4, 0.5) is 11.9 Å². The van der Waals surface area contributed by atoms with Gasteiger partial charge < -0.3 is 0 Å². The lowest BCUT2D eigenvalue weighted by Gasteiger charge is -2.06. The SMILES string of the molecule is CCCCCCCCc1ccc(-c2ccc(-c3cn(N=Cc4ccccc4)c(N=Nc4nc(-c5ccc(-c6ccc(CCCCCCCC)cc6)cc5)cn4N=Cc4ccccc4)n3)cc2)cc1. The topological polar surface area (TPSA) is 85.1 Å². The van der Waals surface area contributed by atoms with E-state index in [4.69, 9.17) is 20.2 Å². The van der Waals surface area contributed by atoms with Crippen molar-refractivity contribution in [2.45, 2.75) is 104 Å². The van der Waals surface area contributed by atoms with E-state index in [1.54, 1.807) is 21.8 Å². The molecule has 68 heavy (non-hydrogen) atoms. The number of unbranched alkanes of at least 4 members (excludes halogenated alkanes) is 10. The third-order valence-electron chi connectivity index (χ3n) is 12.4. The highest BCUT2D eigenvalue weighted by molar-refractivity contribution is 5.80. The summed E-state index contributed by atoms with van der Waals surface area (Å²) >= 11 is 0. The largest absolute Gasteiger partial charge is 0.270 e. The van der Waals surface area contributed by atoms with Gasteiger partial charge in [-0.3, -0.25) is 0 Å². The second kappa shape index (κ2) is 25.0. The third kappa shape index (κ3) is 13.6. The molecule has 0 N–H and O–H groups in total. The summed E-state index contributed by atoms with van der Waals surface area (Å²) in [5, 5.41) is 18.9. The van der Waals surface area contributed by atoms with Crippen molar-refractivity contribution in [2.75, 3.05) is 0 Å². The summed E-state index contributed by atoms with van der Waals surface area (Å²) < 4.78 is 3.31. The van der Waals surface area contributed by atoms with E-state index in [1.807, 2.05) is 73.1 Å². The Morgan fingerprint density at radius 3 is 1.06 bits per heavy atom. The van der Waals surface area contributed by atoms with Gasteiger partial charge in [-0.2, -0.15) is 10.2 Å². The van der Waals surface area contributed by atoms with Gasteiger partial charge in [-0.05, 0) is 70.2 Å². The Morgan fingerprint density at radius 1 is 0.368 bits per heavy atom. The lowest BCUT2D eigenvalue weighted by atomic mass is 9.99. The molecule has 8 aromatic rings. The van der Waals surface area contributed by atoms with Gasteiger partial charge in [0.2, 0.25) is 0 Å². The van der Waals surface area contributed by atoms with E-state index in [0.717, 1.165) is 57.6 Å². The smallest absolute Gasteiger partial charge is 0.208 e. The number of benzene rings is 6. The molecule has 0 saturated carbocycles. The summed E-state index contributed by atoms with van der Waals surface area (Å²) in [6, 6.07) is 55.0. The van der Waals surface area contributed by atoms with Gasteiger partial charge in [0.05, 0.1) is 36.2 Å². The number of rotatable bonds is 24. The first-order chi connectivity index (χ1) is 33.6. The summed E-state index contributed by atoms with van der Waals surface area (Å²) in [5.74, 6) is 0.616. The highest BCUT2D eigenvalue weighted by Crippen LogP contribution is 2.30. The maximum absolute atomic E-state index is 4.95. The normalized spacial score (nSPS) is 11.7. The first kappa shape index (κ1) is 47.2. The Balaban J connectivity index is 1.02. The standard InChI is InChI=1S/C60H64N8/c1-3-5-7-9-11-15-21-47-27-31-51(32-28-47)53-35-39-55(40-36-53)57-45-67(61-43-49-23-17-13-18-24-49)59(63-57)65-66-60-64-58(46-68(60)62-44-50-25-19-14-20-26-50)56-41-37-54(38-42-56)52-33-29-48(30-34-52)22-16-12-10-8-6-4-2/h13-14,17-20,23-46H,3-12,15-16,21-22H2,1-2H3. The molecule has 0 radical (unpaired) electrons. The molecule has 0 fully saturated rings. The van der Waals surface area contributed by atoms with E-state index in [9.17, 15) is 0 Å². The van der Waals surface area contributed by atoms with E-state index in [1.165, 1.54) is 99.3 Å². The van der Waals surface area contributed by atoms with Crippen molar-refractivity contribution < 1.29 is 0 Å². The van der Waals surface area contributed by atoms with Crippen molar-refractivity contribution in [3.05, 3.63) is 192 Å². The van der Waals surface area contributed by atoms with Crippen molar-refractivity contribution >= 4 is 24.3 Å². The second-order valence-corrected chi connectivity index (χ2v) is 17.6. The number of hydrogen-bond donors (Lipinski definition) is 0. The van der Waals surface area contributed by atoms with Gasteiger partial charge in [0.15, 0.2) is 0 Å². The van der Waals surface area contributed by atoms with Crippen LogP contribution in [-0.2, 0) is 12.8 Å². The predicted octanol–water partition coefficient (Wildman–Crippen LogP) is 16.7. The maximum Gasteiger partial charge on any atom is 0.270 e. The molecule has 0 amide bonds. The minimum Gasteiger partial charge on any atom is -0.208 e. The summed E-state index contributed by atoms with van der Waals surface area (Å²) in [6.45, 7) is 4.54. The molecule has 8 nitrogen and oxygen atoms in total. The number of aryl methyl sites for hydroxylation is 2. The molecule has 0 spiro atoms. The molecule has 8 heteroatoms. The lowest BCUT2D eigenvalue weighted by molar-refractivity contribution is 0.607. The number of aromatic nitrogens is 4. The summed E-state index contributed by atoms with van der Waals surface area (Å²) in [4.78, 5) is 9.89. The van der Waals surface area contributed by atoms with Crippen molar-refractivity contribution in [3.8, 4) is 44.8 Å². The molecule has 6 aromatic carbocycles. The second-order valence-electron chi connectivity index (χ2n) is 17.6. The van der Waals surface area contributed by atoms with Gasteiger partial charge in [-0.15, -0.1) is 10.2 Å². The van der Waals surface area contributed by atoms with Crippen LogP contribution in [0.1, 0.15) is 113 Å². The van der Waals surface area contributed by atoms with Crippen molar-refractivity contribution in [3.63, 3.8) is 0 Å². The molecule has 344 valence electrons. The molecular weight excluding hydrogens is 833 g/mol.